The molecule has 0 unspecified atom stereocenters. The predicted molar refractivity (Wildman–Crippen MR) is 78.5 cm³/mol. The Balaban J connectivity index is 1.67. The molecule has 0 atom stereocenters. The van der Waals surface area contributed by atoms with Crippen LogP contribution in [0.15, 0.2) is 30.3 Å². The number of carbonyl (C=O) groups is 1. The van der Waals surface area contributed by atoms with Gasteiger partial charge in [-0.05, 0) is 25.7 Å². The second-order valence-electron chi connectivity index (χ2n) is 5.48. The minimum atomic E-state index is -0.0870. The van der Waals surface area contributed by atoms with Crippen molar-refractivity contribution >= 4 is 5.97 Å². The Kier molecular flexibility index (Phi) is 3.99. The van der Waals surface area contributed by atoms with Gasteiger partial charge < -0.3 is 4.74 Å². The first-order valence-electron chi connectivity index (χ1n) is 7.33. The van der Waals surface area contributed by atoms with Crippen molar-refractivity contribution in [2.75, 3.05) is 7.11 Å². The van der Waals surface area contributed by atoms with Crippen LogP contribution in [0.4, 0.5) is 0 Å². The summed E-state index contributed by atoms with van der Waals surface area (Å²) >= 11 is 0. The van der Waals surface area contributed by atoms with E-state index in [1.807, 2.05) is 30.3 Å². The zero-order valence-electron chi connectivity index (χ0n) is 12.1. The smallest absolute Gasteiger partial charge is 0.308 e. The Hall–Kier alpha value is -2.17. The van der Waals surface area contributed by atoms with Crippen LogP contribution in [0, 0.1) is 5.92 Å². The summed E-state index contributed by atoms with van der Waals surface area (Å²) in [6.07, 6.45) is 3.61. The number of ether oxygens (including phenoxy) is 1. The first-order valence-corrected chi connectivity index (χ1v) is 7.33. The van der Waals surface area contributed by atoms with Crippen LogP contribution in [0.1, 0.15) is 37.4 Å². The normalized spacial score (nSPS) is 22.0. The van der Waals surface area contributed by atoms with Crippen LogP contribution >= 0.6 is 0 Å². The Labute approximate surface area is 123 Å². The van der Waals surface area contributed by atoms with E-state index in [1.165, 1.54) is 7.11 Å². The molecule has 0 saturated heterocycles. The highest BCUT2D eigenvalue weighted by molar-refractivity contribution is 5.72. The van der Waals surface area contributed by atoms with Crippen LogP contribution in [0.25, 0.3) is 11.4 Å². The Morgan fingerprint density at radius 2 is 1.90 bits per heavy atom. The second kappa shape index (κ2) is 6.08. The molecule has 0 aliphatic heterocycles. The van der Waals surface area contributed by atoms with Crippen molar-refractivity contribution in [2.24, 2.45) is 5.92 Å². The maximum atomic E-state index is 11.5. The third-order valence-corrected chi connectivity index (χ3v) is 4.18. The van der Waals surface area contributed by atoms with Crippen molar-refractivity contribution in [3.05, 3.63) is 36.2 Å². The van der Waals surface area contributed by atoms with Gasteiger partial charge in [0.25, 0.3) is 0 Å². The van der Waals surface area contributed by atoms with Gasteiger partial charge in [-0.1, -0.05) is 30.3 Å². The minimum absolute atomic E-state index is 0.0442. The van der Waals surface area contributed by atoms with Crippen molar-refractivity contribution in [3.8, 4) is 11.4 Å². The van der Waals surface area contributed by atoms with Crippen LogP contribution in [0.5, 0.6) is 0 Å². The van der Waals surface area contributed by atoms with Crippen molar-refractivity contribution in [2.45, 2.75) is 31.6 Å². The summed E-state index contributed by atoms with van der Waals surface area (Å²) in [4.78, 5) is 16.2. The number of benzene rings is 1. The van der Waals surface area contributed by atoms with Crippen LogP contribution in [0.2, 0.25) is 0 Å². The molecule has 0 amide bonds. The van der Waals surface area contributed by atoms with Gasteiger partial charge in [-0.3, -0.25) is 9.89 Å². The quantitative estimate of drug-likeness (QED) is 0.880. The molecule has 0 spiro atoms. The lowest BCUT2D eigenvalue weighted by atomic mass is 9.82. The molecule has 1 fully saturated rings. The number of rotatable bonds is 3. The van der Waals surface area contributed by atoms with E-state index < -0.39 is 0 Å². The average molecular weight is 285 g/mol. The van der Waals surface area contributed by atoms with Gasteiger partial charge >= 0.3 is 5.97 Å². The monoisotopic (exact) mass is 285 g/mol. The molecule has 110 valence electrons. The standard InChI is InChI=1S/C16H19N3O2/c1-21-16(20)13-9-7-12(8-10-13)15-17-14(18-19-15)11-5-3-2-4-6-11/h2-6,12-13H,7-10H2,1H3,(H,17,18,19). The van der Waals surface area contributed by atoms with Crippen molar-refractivity contribution < 1.29 is 9.53 Å². The topological polar surface area (TPSA) is 67.9 Å². The summed E-state index contributed by atoms with van der Waals surface area (Å²) in [5.74, 6) is 1.98. The van der Waals surface area contributed by atoms with Gasteiger partial charge in [-0.2, -0.15) is 5.10 Å². The van der Waals surface area contributed by atoms with Crippen molar-refractivity contribution in [1.82, 2.24) is 15.2 Å². The van der Waals surface area contributed by atoms with Gasteiger partial charge in [0.2, 0.25) is 0 Å². The summed E-state index contributed by atoms with van der Waals surface area (Å²) in [6.45, 7) is 0. The maximum absolute atomic E-state index is 11.5. The van der Waals surface area contributed by atoms with E-state index in [0.29, 0.717) is 5.92 Å². The van der Waals surface area contributed by atoms with Gasteiger partial charge in [-0.25, -0.2) is 4.98 Å². The van der Waals surface area contributed by atoms with Crippen LogP contribution in [-0.4, -0.2) is 28.3 Å². The molecule has 1 aromatic carbocycles. The number of aromatic nitrogens is 3. The minimum Gasteiger partial charge on any atom is -0.469 e. The SMILES string of the molecule is COC(=O)C1CCC(c2nc(-c3ccccc3)n[nH]2)CC1. The molecular formula is C16H19N3O2. The van der Waals surface area contributed by atoms with E-state index in [-0.39, 0.29) is 11.9 Å². The van der Waals surface area contributed by atoms with E-state index >= 15 is 0 Å². The van der Waals surface area contributed by atoms with E-state index in [1.54, 1.807) is 0 Å². The van der Waals surface area contributed by atoms with Gasteiger partial charge in [-0.15, -0.1) is 0 Å². The predicted octanol–water partition coefficient (Wildman–Crippen LogP) is 2.92. The van der Waals surface area contributed by atoms with Crippen molar-refractivity contribution in [1.29, 1.82) is 0 Å². The fourth-order valence-corrected chi connectivity index (χ4v) is 2.94. The molecule has 1 aliphatic rings. The van der Waals surface area contributed by atoms with Gasteiger partial charge in [0, 0.05) is 11.5 Å². The zero-order chi connectivity index (χ0) is 14.7. The lowest BCUT2D eigenvalue weighted by Crippen LogP contribution is -2.22. The number of esters is 1. The third-order valence-electron chi connectivity index (χ3n) is 4.18. The maximum Gasteiger partial charge on any atom is 0.308 e. The van der Waals surface area contributed by atoms with Crippen LogP contribution < -0.4 is 0 Å². The Morgan fingerprint density at radius 3 is 2.57 bits per heavy atom. The van der Waals surface area contributed by atoms with Crippen LogP contribution in [0.3, 0.4) is 0 Å². The summed E-state index contributed by atoms with van der Waals surface area (Å²) in [5, 5.41) is 7.36. The highest BCUT2D eigenvalue weighted by Gasteiger charge is 2.29. The van der Waals surface area contributed by atoms with E-state index in [9.17, 15) is 4.79 Å². The van der Waals surface area contributed by atoms with E-state index in [4.69, 9.17) is 4.74 Å². The summed E-state index contributed by atoms with van der Waals surface area (Å²) < 4.78 is 4.82. The second-order valence-corrected chi connectivity index (χ2v) is 5.48. The molecular weight excluding hydrogens is 266 g/mol. The summed E-state index contributed by atoms with van der Waals surface area (Å²) in [6, 6.07) is 9.94. The average Bonchev–Trinajstić information content (AvgIpc) is 3.05. The lowest BCUT2D eigenvalue weighted by Gasteiger charge is -2.25. The summed E-state index contributed by atoms with van der Waals surface area (Å²) in [5.41, 5.74) is 1.02. The van der Waals surface area contributed by atoms with Crippen molar-refractivity contribution in [3.63, 3.8) is 0 Å². The number of H-pyrrole nitrogens is 1. The molecule has 3 rings (SSSR count). The third kappa shape index (κ3) is 2.96. The molecule has 0 radical (unpaired) electrons. The molecule has 1 saturated carbocycles. The number of carbonyl (C=O) groups excluding carboxylic acids is 1. The van der Waals surface area contributed by atoms with Crippen LogP contribution in [-0.2, 0) is 9.53 Å². The van der Waals surface area contributed by atoms with Gasteiger partial charge in [0.1, 0.15) is 5.82 Å². The Morgan fingerprint density at radius 1 is 1.19 bits per heavy atom. The van der Waals surface area contributed by atoms with E-state index in [2.05, 4.69) is 15.2 Å². The molecule has 21 heavy (non-hydrogen) atoms. The number of nitrogens with zero attached hydrogens (tertiary/aromatic N) is 2. The number of hydrogen-bond acceptors (Lipinski definition) is 4. The number of nitrogens with one attached hydrogen (secondary N) is 1. The highest BCUT2D eigenvalue weighted by Crippen LogP contribution is 2.35. The number of aromatic amines is 1. The molecule has 1 N–H and O–H groups in total. The first kappa shape index (κ1) is 13.8. The molecule has 1 aromatic heterocycles. The Bertz CT molecular complexity index is 601. The summed E-state index contributed by atoms with van der Waals surface area (Å²) in [7, 11) is 1.46. The fraction of sp³-hybridized carbons (Fsp3) is 0.438. The number of methoxy groups -OCH3 is 1. The number of hydrogen-bond donors (Lipinski definition) is 1. The fourth-order valence-electron chi connectivity index (χ4n) is 2.94. The molecule has 1 aliphatic carbocycles. The molecule has 0 bridgehead atoms. The molecule has 1 heterocycles. The lowest BCUT2D eigenvalue weighted by molar-refractivity contribution is -0.146. The highest BCUT2D eigenvalue weighted by atomic mass is 16.5. The molecule has 2 aromatic rings. The first-order chi connectivity index (χ1) is 10.3. The van der Waals surface area contributed by atoms with E-state index in [0.717, 1.165) is 42.9 Å². The largest absolute Gasteiger partial charge is 0.469 e. The molecule has 5 heteroatoms. The van der Waals surface area contributed by atoms with Gasteiger partial charge in [0.15, 0.2) is 5.82 Å². The molecule has 5 nitrogen and oxygen atoms in total. The van der Waals surface area contributed by atoms with Gasteiger partial charge in [0.05, 0.1) is 13.0 Å². The zero-order valence-corrected chi connectivity index (χ0v) is 12.1.